The van der Waals surface area contributed by atoms with Crippen molar-refractivity contribution in [3.05, 3.63) is 23.2 Å². The second-order valence-electron chi connectivity index (χ2n) is 5.63. The molecule has 1 N–H and O–H groups in total. The first-order valence-corrected chi connectivity index (χ1v) is 7.34. The summed E-state index contributed by atoms with van der Waals surface area (Å²) in [5, 5.41) is 3.63. The lowest BCUT2D eigenvalue weighted by atomic mass is 9.79. The van der Waals surface area contributed by atoms with Crippen molar-refractivity contribution < 1.29 is 13.5 Å². The number of alkyl halides is 2. The Morgan fingerprint density at radius 2 is 2.00 bits per heavy atom. The predicted molar refractivity (Wildman–Crippen MR) is 77.7 cm³/mol. The second kappa shape index (κ2) is 6.61. The lowest BCUT2D eigenvalue weighted by Crippen LogP contribution is -2.30. The summed E-state index contributed by atoms with van der Waals surface area (Å²) in [5.41, 5.74) is 0.850. The number of benzene rings is 1. The van der Waals surface area contributed by atoms with Gasteiger partial charge in [-0.15, -0.1) is 0 Å². The van der Waals surface area contributed by atoms with Crippen molar-refractivity contribution in [2.75, 3.05) is 5.32 Å². The van der Waals surface area contributed by atoms with E-state index in [4.69, 9.17) is 11.6 Å². The van der Waals surface area contributed by atoms with Crippen molar-refractivity contribution in [3.8, 4) is 5.75 Å². The molecule has 2 nitrogen and oxygen atoms in total. The van der Waals surface area contributed by atoms with Crippen LogP contribution < -0.4 is 10.1 Å². The average molecular weight is 304 g/mol. The first-order chi connectivity index (χ1) is 9.45. The van der Waals surface area contributed by atoms with Crippen LogP contribution in [0.2, 0.25) is 5.02 Å². The summed E-state index contributed by atoms with van der Waals surface area (Å²) in [6.07, 6.45) is 3.45. The van der Waals surface area contributed by atoms with Crippen LogP contribution in [0.3, 0.4) is 0 Å². The normalized spacial score (nSPS) is 26.6. The number of rotatable bonds is 4. The van der Waals surface area contributed by atoms with Crippen LogP contribution in [0, 0.1) is 11.8 Å². The number of ether oxygens (including phenoxy) is 1. The first-order valence-electron chi connectivity index (χ1n) is 6.96. The van der Waals surface area contributed by atoms with Gasteiger partial charge in [0.05, 0.1) is 5.02 Å². The maximum absolute atomic E-state index is 12.2. The zero-order valence-corrected chi connectivity index (χ0v) is 12.5. The van der Waals surface area contributed by atoms with Gasteiger partial charge in [-0.25, -0.2) is 0 Å². The summed E-state index contributed by atoms with van der Waals surface area (Å²) in [6, 6.07) is 5.26. The molecule has 0 aromatic heterocycles. The topological polar surface area (TPSA) is 21.3 Å². The Morgan fingerprint density at radius 1 is 1.25 bits per heavy atom. The van der Waals surface area contributed by atoms with Crippen molar-refractivity contribution in [1.82, 2.24) is 0 Å². The van der Waals surface area contributed by atoms with Gasteiger partial charge in [-0.3, -0.25) is 0 Å². The van der Waals surface area contributed by atoms with Crippen molar-refractivity contribution in [2.24, 2.45) is 11.8 Å². The van der Waals surface area contributed by atoms with Crippen LogP contribution in [0.5, 0.6) is 5.75 Å². The van der Waals surface area contributed by atoms with E-state index < -0.39 is 6.61 Å². The van der Waals surface area contributed by atoms with Crippen molar-refractivity contribution >= 4 is 17.3 Å². The highest BCUT2D eigenvalue weighted by Gasteiger charge is 2.24. The van der Waals surface area contributed by atoms with Gasteiger partial charge in [0.15, 0.2) is 0 Å². The van der Waals surface area contributed by atoms with Gasteiger partial charge in [0.25, 0.3) is 0 Å². The fraction of sp³-hybridized carbons (Fsp3) is 0.600. The first kappa shape index (κ1) is 15.4. The minimum absolute atomic E-state index is 0.0119. The van der Waals surface area contributed by atoms with Crippen LogP contribution in [-0.4, -0.2) is 12.7 Å². The summed E-state index contributed by atoms with van der Waals surface area (Å²) in [4.78, 5) is 0. The van der Waals surface area contributed by atoms with E-state index in [-0.39, 0.29) is 10.8 Å². The zero-order valence-electron chi connectivity index (χ0n) is 11.7. The molecule has 0 spiro atoms. The molecule has 3 unspecified atom stereocenters. The minimum Gasteiger partial charge on any atom is -0.433 e. The highest BCUT2D eigenvalue weighted by Crippen LogP contribution is 2.33. The zero-order chi connectivity index (χ0) is 14.7. The van der Waals surface area contributed by atoms with Crippen LogP contribution >= 0.6 is 11.6 Å². The molecule has 0 radical (unpaired) electrons. The third-order valence-electron chi connectivity index (χ3n) is 4.12. The predicted octanol–water partition coefficient (Wildman–Crippen LogP) is 5.18. The monoisotopic (exact) mass is 303 g/mol. The smallest absolute Gasteiger partial charge is 0.387 e. The van der Waals surface area contributed by atoms with Crippen LogP contribution in [0.1, 0.15) is 33.1 Å². The third-order valence-corrected chi connectivity index (χ3v) is 4.41. The minimum atomic E-state index is -2.85. The summed E-state index contributed by atoms with van der Waals surface area (Å²) in [7, 11) is 0. The highest BCUT2D eigenvalue weighted by molar-refractivity contribution is 6.32. The standard InChI is InChI=1S/C15H20ClF2NO/c1-9-3-4-11(7-10(9)2)19-12-5-6-14(13(16)8-12)20-15(17)18/h5-6,8-11,15,19H,3-4,7H2,1-2H3. The largest absolute Gasteiger partial charge is 0.433 e. The molecule has 0 saturated heterocycles. The van der Waals surface area contributed by atoms with E-state index in [9.17, 15) is 8.78 Å². The molecule has 3 atom stereocenters. The van der Waals surface area contributed by atoms with Crippen molar-refractivity contribution in [2.45, 2.75) is 45.8 Å². The van der Waals surface area contributed by atoms with E-state index in [1.807, 2.05) is 0 Å². The van der Waals surface area contributed by atoms with Gasteiger partial charge in [0, 0.05) is 11.7 Å². The summed E-state index contributed by atoms with van der Waals surface area (Å²) >= 11 is 5.94. The van der Waals surface area contributed by atoms with Gasteiger partial charge in [0.1, 0.15) is 5.75 Å². The van der Waals surface area contributed by atoms with Crippen LogP contribution in [-0.2, 0) is 0 Å². The van der Waals surface area contributed by atoms with E-state index >= 15 is 0 Å². The van der Waals surface area contributed by atoms with Crippen LogP contribution in [0.25, 0.3) is 0 Å². The van der Waals surface area contributed by atoms with Gasteiger partial charge in [-0.1, -0.05) is 25.4 Å². The van der Waals surface area contributed by atoms with E-state index in [1.54, 1.807) is 12.1 Å². The molecular formula is C15H20ClF2NO. The van der Waals surface area contributed by atoms with E-state index in [0.29, 0.717) is 12.0 Å². The summed E-state index contributed by atoms with van der Waals surface area (Å²) in [5.74, 6) is 1.47. The molecule has 1 aliphatic rings. The van der Waals surface area contributed by atoms with E-state index in [2.05, 4.69) is 23.9 Å². The molecule has 2 rings (SSSR count). The molecule has 5 heteroatoms. The number of halogens is 3. The van der Waals surface area contributed by atoms with Gasteiger partial charge < -0.3 is 10.1 Å². The van der Waals surface area contributed by atoms with Crippen molar-refractivity contribution in [3.63, 3.8) is 0 Å². The summed E-state index contributed by atoms with van der Waals surface area (Å²) < 4.78 is 28.6. The number of nitrogens with one attached hydrogen (secondary N) is 1. The molecule has 1 aromatic carbocycles. The van der Waals surface area contributed by atoms with Gasteiger partial charge >= 0.3 is 6.61 Å². The Labute approximate surface area is 123 Å². The Bertz CT molecular complexity index is 455. The third kappa shape index (κ3) is 3.98. The fourth-order valence-electron chi connectivity index (χ4n) is 2.70. The Morgan fingerprint density at radius 3 is 2.60 bits per heavy atom. The molecular weight excluding hydrogens is 284 g/mol. The molecule has 1 aromatic rings. The lowest BCUT2D eigenvalue weighted by molar-refractivity contribution is -0.0497. The molecule has 0 aliphatic heterocycles. The molecule has 0 heterocycles. The number of hydrogen-bond donors (Lipinski definition) is 1. The van der Waals surface area contributed by atoms with E-state index in [1.165, 1.54) is 12.5 Å². The molecule has 0 amide bonds. The van der Waals surface area contributed by atoms with Crippen molar-refractivity contribution in [1.29, 1.82) is 0 Å². The SMILES string of the molecule is CC1CCC(Nc2ccc(OC(F)F)c(Cl)c2)CC1C. The summed E-state index contributed by atoms with van der Waals surface area (Å²) in [6.45, 7) is 1.70. The average Bonchev–Trinajstić information content (AvgIpc) is 2.37. The highest BCUT2D eigenvalue weighted by atomic mass is 35.5. The molecule has 0 bridgehead atoms. The van der Waals surface area contributed by atoms with Crippen LogP contribution in [0.15, 0.2) is 18.2 Å². The number of hydrogen-bond acceptors (Lipinski definition) is 2. The molecule has 112 valence electrons. The molecule has 1 fully saturated rings. The number of anilines is 1. The molecule has 1 aliphatic carbocycles. The Hall–Kier alpha value is -1.03. The molecule has 1 saturated carbocycles. The molecule has 20 heavy (non-hydrogen) atoms. The Balaban J connectivity index is 1.98. The van der Waals surface area contributed by atoms with Gasteiger partial charge in [-0.2, -0.15) is 8.78 Å². The van der Waals surface area contributed by atoms with Crippen LogP contribution in [0.4, 0.5) is 14.5 Å². The Kier molecular flexibility index (Phi) is 5.08. The maximum Gasteiger partial charge on any atom is 0.387 e. The maximum atomic E-state index is 12.2. The van der Waals surface area contributed by atoms with Gasteiger partial charge in [-0.05, 0) is 49.3 Å². The van der Waals surface area contributed by atoms with Gasteiger partial charge in [0.2, 0.25) is 0 Å². The van der Waals surface area contributed by atoms with E-state index in [0.717, 1.165) is 24.4 Å². The second-order valence-corrected chi connectivity index (χ2v) is 6.04. The quantitative estimate of drug-likeness (QED) is 0.827. The lowest BCUT2D eigenvalue weighted by Gasteiger charge is -2.33. The fourth-order valence-corrected chi connectivity index (χ4v) is 2.92.